The Morgan fingerprint density at radius 3 is 2.72 bits per heavy atom. The number of benzene rings is 1. The van der Waals surface area contributed by atoms with Gasteiger partial charge in [0.25, 0.3) is 0 Å². The van der Waals surface area contributed by atoms with E-state index in [1.54, 1.807) is 13.0 Å². The molecule has 0 bridgehead atoms. The Kier molecular flexibility index (Phi) is 3.28. The molecular formula is C12H9ClFNO2S. The Morgan fingerprint density at radius 1 is 1.50 bits per heavy atom. The molecule has 0 aliphatic rings. The van der Waals surface area contributed by atoms with Crippen molar-refractivity contribution in [2.45, 2.75) is 6.92 Å². The van der Waals surface area contributed by atoms with Gasteiger partial charge in [-0.15, -0.1) is 11.3 Å². The van der Waals surface area contributed by atoms with Gasteiger partial charge in [-0.2, -0.15) is 0 Å². The Balaban J connectivity index is 2.69. The average Bonchev–Trinajstić information content (AvgIpc) is 2.61. The quantitative estimate of drug-likeness (QED) is 0.882. The largest absolute Gasteiger partial charge is 0.477 e. The summed E-state index contributed by atoms with van der Waals surface area (Å²) in [7, 11) is 0. The molecule has 0 aliphatic carbocycles. The van der Waals surface area contributed by atoms with Crippen molar-refractivity contribution in [2.75, 3.05) is 5.73 Å². The number of halogens is 2. The summed E-state index contributed by atoms with van der Waals surface area (Å²) < 4.78 is 13.4. The molecule has 0 amide bonds. The van der Waals surface area contributed by atoms with E-state index in [4.69, 9.17) is 22.4 Å². The normalized spacial score (nSPS) is 10.6. The monoisotopic (exact) mass is 285 g/mol. The van der Waals surface area contributed by atoms with E-state index in [9.17, 15) is 9.18 Å². The van der Waals surface area contributed by atoms with Crippen LogP contribution in [0.25, 0.3) is 10.4 Å². The van der Waals surface area contributed by atoms with E-state index in [0.29, 0.717) is 16.0 Å². The number of carboxylic acids is 1. The highest BCUT2D eigenvalue weighted by Crippen LogP contribution is 2.41. The Morgan fingerprint density at radius 2 is 2.17 bits per heavy atom. The van der Waals surface area contributed by atoms with E-state index in [1.807, 2.05) is 0 Å². The van der Waals surface area contributed by atoms with Gasteiger partial charge in [0, 0.05) is 10.4 Å². The van der Waals surface area contributed by atoms with Crippen molar-refractivity contribution in [3.63, 3.8) is 0 Å². The number of carbonyl (C=O) groups is 1. The number of thiophene rings is 1. The number of carboxylic acid groups (broad SMARTS) is 1. The van der Waals surface area contributed by atoms with Crippen LogP contribution in [0.5, 0.6) is 0 Å². The van der Waals surface area contributed by atoms with E-state index >= 15 is 0 Å². The van der Waals surface area contributed by atoms with Gasteiger partial charge in [0.05, 0.1) is 10.7 Å². The minimum Gasteiger partial charge on any atom is -0.477 e. The van der Waals surface area contributed by atoms with Gasteiger partial charge in [-0.25, -0.2) is 9.18 Å². The van der Waals surface area contributed by atoms with Gasteiger partial charge in [0.1, 0.15) is 10.7 Å². The standard InChI is InChI=1S/C12H9ClFNO2S/c1-5-9(15)11(12(16)17)18-10(5)6-3-2-4-7(14)8(6)13/h2-4H,15H2,1H3,(H,16,17). The molecule has 94 valence electrons. The Hall–Kier alpha value is -1.59. The van der Waals surface area contributed by atoms with Crippen LogP contribution in [0.2, 0.25) is 5.02 Å². The fourth-order valence-corrected chi connectivity index (χ4v) is 3.00. The summed E-state index contributed by atoms with van der Waals surface area (Å²) in [4.78, 5) is 11.6. The lowest BCUT2D eigenvalue weighted by atomic mass is 10.1. The molecule has 18 heavy (non-hydrogen) atoms. The van der Waals surface area contributed by atoms with E-state index < -0.39 is 11.8 Å². The van der Waals surface area contributed by atoms with Crippen molar-refractivity contribution in [1.29, 1.82) is 0 Å². The fraction of sp³-hybridized carbons (Fsp3) is 0.0833. The molecule has 0 saturated carbocycles. The predicted molar refractivity (Wildman–Crippen MR) is 70.8 cm³/mol. The van der Waals surface area contributed by atoms with Crippen LogP contribution in [-0.4, -0.2) is 11.1 Å². The third-order valence-corrected chi connectivity index (χ3v) is 4.30. The average molecular weight is 286 g/mol. The van der Waals surface area contributed by atoms with Gasteiger partial charge in [0.2, 0.25) is 0 Å². The SMILES string of the molecule is Cc1c(-c2cccc(F)c2Cl)sc(C(=O)O)c1N. The van der Waals surface area contributed by atoms with Crippen molar-refractivity contribution < 1.29 is 14.3 Å². The second-order valence-electron chi connectivity index (χ2n) is 3.71. The molecule has 0 saturated heterocycles. The molecule has 0 unspecified atom stereocenters. The Bertz CT molecular complexity index is 639. The van der Waals surface area contributed by atoms with E-state index in [0.717, 1.165) is 11.3 Å². The smallest absolute Gasteiger partial charge is 0.348 e. The molecule has 2 rings (SSSR count). The third kappa shape index (κ3) is 1.95. The molecule has 1 heterocycles. The fourth-order valence-electron chi connectivity index (χ4n) is 1.62. The summed E-state index contributed by atoms with van der Waals surface area (Å²) in [6.45, 7) is 1.69. The van der Waals surface area contributed by atoms with Crippen LogP contribution in [0.4, 0.5) is 10.1 Å². The van der Waals surface area contributed by atoms with Crippen LogP contribution in [0.1, 0.15) is 15.2 Å². The second kappa shape index (κ2) is 4.59. The maximum atomic E-state index is 13.4. The van der Waals surface area contributed by atoms with Gasteiger partial charge in [-0.3, -0.25) is 0 Å². The van der Waals surface area contributed by atoms with Crippen molar-refractivity contribution in [1.82, 2.24) is 0 Å². The summed E-state index contributed by atoms with van der Waals surface area (Å²) >= 11 is 6.88. The highest BCUT2D eigenvalue weighted by molar-refractivity contribution is 7.18. The first-order chi connectivity index (χ1) is 8.43. The minimum absolute atomic E-state index is 0.0289. The highest BCUT2D eigenvalue weighted by Gasteiger charge is 2.20. The number of hydrogen-bond donors (Lipinski definition) is 2. The number of rotatable bonds is 2. The molecule has 3 N–H and O–H groups in total. The molecule has 1 aromatic carbocycles. The number of hydrogen-bond acceptors (Lipinski definition) is 3. The zero-order valence-corrected chi connectivity index (χ0v) is 10.9. The van der Waals surface area contributed by atoms with Crippen LogP contribution in [-0.2, 0) is 0 Å². The lowest BCUT2D eigenvalue weighted by Gasteiger charge is -2.03. The van der Waals surface area contributed by atoms with E-state index in [-0.39, 0.29) is 15.6 Å². The number of nitrogen functional groups attached to an aromatic ring is 1. The second-order valence-corrected chi connectivity index (χ2v) is 5.10. The molecule has 3 nitrogen and oxygen atoms in total. The molecule has 1 aromatic heterocycles. The maximum absolute atomic E-state index is 13.4. The van der Waals surface area contributed by atoms with Gasteiger partial charge >= 0.3 is 5.97 Å². The zero-order valence-electron chi connectivity index (χ0n) is 9.33. The van der Waals surface area contributed by atoms with Gasteiger partial charge in [-0.05, 0) is 18.6 Å². The third-order valence-electron chi connectivity index (χ3n) is 2.58. The molecule has 0 fully saturated rings. The van der Waals surface area contributed by atoms with Gasteiger partial charge in [0.15, 0.2) is 0 Å². The van der Waals surface area contributed by atoms with Crippen LogP contribution < -0.4 is 5.73 Å². The number of anilines is 1. The highest BCUT2D eigenvalue weighted by atomic mass is 35.5. The van der Waals surface area contributed by atoms with E-state index in [1.165, 1.54) is 12.1 Å². The maximum Gasteiger partial charge on any atom is 0.348 e. The van der Waals surface area contributed by atoms with Crippen molar-refractivity contribution in [3.8, 4) is 10.4 Å². The predicted octanol–water partition coefficient (Wildman–Crippen LogP) is 3.80. The van der Waals surface area contributed by atoms with Crippen LogP contribution in [0.3, 0.4) is 0 Å². The first-order valence-electron chi connectivity index (χ1n) is 5.00. The first kappa shape index (κ1) is 12.9. The summed E-state index contributed by atoms with van der Waals surface area (Å²) in [5.41, 5.74) is 6.98. The van der Waals surface area contributed by atoms with Crippen LogP contribution in [0, 0.1) is 12.7 Å². The van der Waals surface area contributed by atoms with Crippen LogP contribution >= 0.6 is 22.9 Å². The molecule has 0 radical (unpaired) electrons. The van der Waals surface area contributed by atoms with Crippen LogP contribution in [0.15, 0.2) is 18.2 Å². The molecule has 2 aromatic rings. The lowest BCUT2D eigenvalue weighted by molar-refractivity contribution is 0.0703. The Labute approximate surface area is 112 Å². The summed E-state index contributed by atoms with van der Waals surface area (Å²) in [5.74, 6) is -1.64. The topological polar surface area (TPSA) is 63.3 Å². The first-order valence-corrected chi connectivity index (χ1v) is 6.19. The summed E-state index contributed by atoms with van der Waals surface area (Å²) in [6.07, 6.45) is 0. The van der Waals surface area contributed by atoms with Crippen molar-refractivity contribution in [3.05, 3.63) is 39.5 Å². The van der Waals surface area contributed by atoms with E-state index in [2.05, 4.69) is 0 Å². The molecule has 0 spiro atoms. The zero-order chi connectivity index (χ0) is 13.4. The molecular weight excluding hydrogens is 277 g/mol. The summed E-state index contributed by atoms with van der Waals surface area (Å²) in [5, 5.41) is 8.97. The molecule has 0 aliphatic heterocycles. The molecule has 6 heteroatoms. The lowest BCUT2D eigenvalue weighted by Crippen LogP contribution is -1.97. The van der Waals surface area contributed by atoms with Gasteiger partial charge in [-0.1, -0.05) is 23.7 Å². The minimum atomic E-state index is -1.10. The van der Waals surface area contributed by atoms with Crippen molar-refractivity contribution in [2.24, 2.45) is 0 Å². The summed E-state index contributed by atoms with van der Waals surface area (Å²) in [6, 6.07) is 4.40. The van der Waals surface area contributed by atoms with Gasteiger partial charge < -0.3 is 10.8 Å². The number of aromatic carboxylic acids is 1. The molecule has 0 atom stereocenters. The van der Waals surface area contributed by atoms with Crippen molar-refractivity contribution >= 4 is 34.6 Å². The number of nitrogens with two attached hydrogens (primary N) is 1.